The first-order chi connectivity index (χ1) is 12.2. The molecule has 0 saturated heterocycles. The Kier molecular flexibility index (Phi) is 11.0. The van der Waals surface area contributed by atoms with Crippen molar-refractivity contribution in [1.82, 2.24) is 15.2 Å². The number of amides is 1. The van der Waals surface area contributed by atoms with Gasteiger partial charge >= 0.3 is 0 Å². The third-order valence-electron chi connectivity index (χ3n) is 3.41. The zero-order valence-electron chi connectivity index (χ0n) is 14.7. The number of aromatic nitrogens is 1. The van der Waals surface area contributed by atoms with E-state index in [9.17, 15) is 4.79 Å². The maximum atomic E-state index is 12.0. The number of nitrogens with zero attached hydrogens (tertiary/aromatic N) is 2. The first kappa shape index (κ1) is 22.5. The monoisotopic (exact) mass is 533 g/mol. The summed E-state index contributed by atoms with van der Waals surface area (Å²) in [5.41, 5.74) is 0.786. The van der Waals surface area contributed by atoms with Crippen molar-refractivity contribution in [2.45, 2.75) is 19.9 Å². The smallest absolute Gasteiger partial charge is 0.226 e. The molecule has 0 atom stereocenters. The predicted molar refractivity (Wildman–Crippen MR) is 121 cm³/mol. The van der Waals surface area contributed by atoms with Gasteiger partial charge < -0.3 is 20.5 Å². The van der Waals surface area contributed by atoms with Gasteiger partial charge in [0.05, 0.1) is 6.54 Å². The summed E-state index contributed by atoms with van der Waals surface area (Å²) in [7, 11) is 0. The Hall–Kier alpha value is -1.55. The molecule has 26 heavy (non-hydrogen) atoms. The van der Waals surface area contributed by atoms with Crippen molar-refractivity contribution < 1.29 is 4.79 Å². The summed E-state index contributed by atoms with van der Waals surface area (Å²) in [6.07, 6.45) is 4.39. The second-order valence-corrected chi connectivity index (χ2v) is 6.33. The first-order valence-corrected chi connectivity index (χ1v) is 9.15. The third kappa shape index (κ3) is 8.70. The number of aliphatic imine (C=N–C) groups is 1. The lowest BCUT2D eigenvalue weighted by Crippen LogP contribution is -2.39. The zero-order valence-corrected chi connectivity index (χ0v) is 18.7. The number of benzene rings is 1. The lowest BCUT2D eigenvalue weighted by molar-refractivity contribution is -0.116. The van der Waals surface area contributed by atoms with Crippen LogP contribution in [0.25, 0.3) is 0 Å². The maximum absolute atomic E-state index is 12.0. The highest BCUT2D eigenvalue weighted by Crippen LogP contribution is 2.14. The van der Waals surface area contributed by atoms with Crippen molar-refractivity contribution in [2.75, 3.05) is 25.0 Å². The Morgan fingerprint density at radius 1 is 1.15 bits per heavy atom. The van der Waals surface area contributed by atoms with Crippen LogP contribution >= 0.6 is 39.9 Å². The molecule has 2 rings (SSSR count). The summed E-state index contributed by atoms with van der Waals surface area (Å²) in [4.78, 5) is 16.4. The molecule has 0 bridgehead atoms. The number of anilines is 1. The van der Waals surface area contributed by atoms with Gasteiger partial charge in [-0.1, -0.05) is 15.9 Å². The molecule has 0 spiro atoms. The highest BCUT2D eigenvalue weighted by atomic mass is 127. The Morgan fingerprint density at radius 2 is 1.85 bits per heavy atom. The van der Waals surface area contributed by atoms with Crippen molar-refractivity contribution in [3.8, 4) is 0 Å². The van der Waals surface area contributed by atoms with Crippen molar-refractivity contribution >= 4 is 57.5 Å². The molecular formula is C18H25BrIN5O. The molecule has 1 heterocycles. The highest BCUT2D eigenvalue weighted by molar-refractivity contribution is 14.0. The van der Waals surface area contributed by atoms with E-state index >= 15 is 0 Å². The Bertz CT molecular complexity index is 673. The topological polar surface area (TPSA) is 70.4 Å². The zero-order chi connectivity index (χ0) is 17.9. The van der Waals surface area contributed by atoms with Crippen LogP contribution in [0.5, 0.6) is 0 Å². The van der Waals surface area contributed by atoms with Crippen LogP contribution in [0.4, 0.5) is 5.69 Å². The Morgan fingerprint density at radius 3 is 2.50 bits per heavy atom. The van der Waals surface area contributed by atoms with E-state index in [2.05, 4.69) is 41.4 Å². The molecule has 1 aromatic heterocycles. The van der Waals surface area contributed by atoms with E-state index in [-0.39, 0.29) is 29.9 Å². The normalized spacial score (nSPS) is 10.8. The fraction of sp³-hybridized carbons (Fsp3) is 0.333. The first-order valence-electron chi connectivity index (χ1n) is 8.35. The van der Waals surface area contributed by atoms with Crippen LogP contribution in [0.3, 0.4) is 0 Å². The van der Waals surface area contributed by atoms with Crippen LogP contribution in [0.2, 0.25) is 0 Å². The van der Waals surface area contributed by atoms with Crippen LogP contribution in [0.1, 0.15) is 13.3 Å². The summed E-state index contributed by atoms with van der Waals surface area (Å²) in [6, 6.07) is 11.5. The van der Waals surface area contributed by atoms with Gasteiger partial charge in [-0.05, 0) is 43.3 Å². The second-order valence-electron chi connectivity index (χ2n) is 5.41. The number of guanidine groups is 1. The van der Waals surface area contributed by atoms with Gasteiger partial charge in [0.15, 0.2) is 5.96 Å². The molecule has 6 nitrogen and oxygen atoms in total. The van der Waals surface area contributed by atoms with Crippen LogP contribution in [0, 0.1) is 0 Å². The minimum absolute atomic E-state index is 0. The van der Waals surface area contributed by atoms with Gasteiger partial charge in [-0.25, -0.2) is 0 Å². The number of carbonyl (C=O) groups excluding carboxylic acids is 1. The van der Waals surface area contributed by atoms with Crippen molar-refractivity contribution in [3.05, 3.63) is 53.3 Å². The van der Waals surface area contributed by atoms with E-state index in [1.54, 1.807) is 0 Å². The van der Waals surface area contributed by atoms with Crippen LogP contribution < -0.4 is 16.0 Å². The molecule has 0 aliphatic carbocycles. The largest absolute Gasteiger partial charge is 0.357 e. The summed E-state index contributed by atoms with van der Waals surface area (Å²) in [5, 5.41) is 9.32. The van der Waals surface area contributed by atoms with Crippen LogP contribution in [-0.2, 0) is 11.3 Å². The van der Waals surface area contributed by atoms with Crippen LogP contribution in [-0.4, -0.2) is 36.1 Å². The molecule has 0 aliphatic rings. The number of rotatable bonds is 8. The van der Waals surface area contributed by atoms with Crippen LogP contribution in [0.15, 0.2) is 58.3 Å². The van der Waals surface area contributed by atoms with Gasteiger partial charge in [-0.15, -0.1) is 24.0 Å². The van der Waals surface area contributed by atoms with E-state index in [1.807, 2.05) is 55.7 Å². The summed E-state index contributed by atoms with van der Waals surface area (Å²) in [5.74, 6) is 0.681. The molecule has 2 aromatic rings. The third-order valence-corrected chi connectivity index (χ3v) is 3.94. The summed E-state index contributed by atoms with van der Waals surface area (Å²) in [6.45, 7) is 4.86. The van der Waals surface area contributed by atoms with Gasteiger partial charge in [-0.2, -0.15) is 0 Å². The van der Waals surface area contributed by atoms with Gasteiger partial charge in [0.2, 0.25) is 5.91 Å². The van der Waals surface area contributed by atoms with Gasteiger partial charge in [0.25, 0.3) is 0 Å². The SMILES string of the molecule is CCNC(=NCCC(=O)Nc1ccc(Br)cc1)NCCn1cccc1.I. The molecule has 0 aliphatic heterocycles. The molecule has 142 valence electrons. The average molecular weight is 534 g/mol. The predicted octanol–water partition coefficient (Wildman–Crippen LogP) is 3.45. The molecule has 0 unspecified atom stereocenters. The quantitative estimate of drug-likeness (QED) is 0.276. The number of nitrogens with one attached hydrogen (secondary N) is 3. The van der Waals surface area contributed by atoms with Crippen molar-refractivity contribution in [3.63, 3.8) is 0 Å². The highest BCUT2D eigenvalue weighted by Gasteiger charge is 2.03. The minimum Gasteiger partial charge on any atom is -0.357 e. The number of halogens is 2. The molecule has 1 amide bonds. The van der Waals surface area contributed by atoms with E-state index < -0.39 is 0 Å². The van der Waals surface area contributed by atoms with Gasteiger partial charge in [0, 0.05) is 48.6 Å². The number of hydrogen-bond acceptors (Lipinski definition) is 2. The van der Waals surface area contributed by atoms with Crippen molar-refractivity contribution in [1.29, 1.82) is 0 Å². The average Bonchev–Trinajstić information content (AvgIpc) is 3.10. The summed E-state index contributed by atoms with van der Waals surface area (Å²) < 4.78 is 3.08. The van der Waals surface area contributed by atoms with Gasteiger partial charge in [0.1, 0.15) is 0 Å². The number of carbonyl (C=O) groups is 1. The Labute approximate surface area is 180 Å². The molecule has 0 fully saturated rings. The molecule has 0 radical (unpaired) electrons. The molecular weight excluding hydrogens is 509 g/mol. The molecule has 8 heteroatoms. The lowest BCUT2D eigenvalue weighted by atomic mass is 10.3. The van der Waals surface area contributed by atoms with E-state index in [1.165, 1.54) is 0 Å². The lowest BCUT2D eigenvalue weighted by Gasteiger charge is -2.11. The van der Waals surface area contributed by atoms with E-state index in [0.29, 0.717) is 13.0 Å². The van der Waals surface area contributed by atoms with Gasteiger partial charge in [-0.3, -0.25) is 9.79 Å². The van der Waals surface area contributed by atoms with Crippen molar-refractivity contribution in [2.24, 2.45) is 4.99 Å². The molecule has 3 N–H and O–H groups in total. The fourth-order valence-electron chi connectivity index (χ4n) is 2.19. The standard InChI is InChI=1S/C18H24BrN5O.HI/c1-2-20-18(22-11-14-24-12-3-4-13-24)21-10-9-17(25)23-16-7-5-15(19)6-8-16;/h3-8,12-13H,2,9-11,14H2,1H3,(H,23,25)(H2,20,21,22);1H. The van der Waals surface area contributed by atoms with E-state index in [0.717, 1.165) is 35.8 Å². The Balaban J connectivity index is 0.00000338. The molecule has 0 saturated carbocycles. The van der Waals surface area contributed by atoms with E-state index in [4.69, 9.17) is 0 Å². The second kappa shape index (κ2) is 12.7. The maximum Gasteiger partial charge on any atom is 0.226 e. The fourth-order valence-corrected chi connectivity index (χ4v) is 2.45. The summed E-state index contributed by atoms with van der Waals surface area (Å²) >= 11 is 3.37. The minimum atomic E-state index is -0.0470. The number of hydrogen-bond donors (Lipinski definition) is 3. The molecule has 1 aromatic carbocycles.